The number of benzene rings is 1. The molecule has 1 aromatic rings. The minimum Gasteiger partial charge on any atom is -0.480 e. The summed E-state index contributed by atoms with van der Waals surface area (Å²) in [7, 11) is 0. The smallest absolute Gasteiger partial charge is 0.329 e. The van der Waals surface area contributed by atoms with E-state index in [9.17, 15) is 4.79 Å². The number of carbonyl (C=O) groups is 1. The average molecular weight is 254 g/mol. The van der Waals surface area contributed by atoms with E-state index in [2.05, 4.69) is 0 Å². The molecular weight excluding hydrogens is 236 g/mol. The Balaban J connectivity index is 2.78. The summed E-state index contributed by atoms with van der Waals surface area (Å²) < 4.78 is 5.42. The number of hydrogen-bond donors (Lipinski definition) is 1. The standard InChI is InChI=1S/C13H18O3S/c1-9(2)13(16-8-12(14)15)10-4-6-11(17-3)7-5-10/h4-7,9,13H,8H2,1-3H3,(H,14,15). The number of ether oxygens (including phenoxy) is 1. The normalized spacial score (nSPS) is 12.7. The molecule has 1 N–H and O–H groups in total. The van der Waals surface area contributed by atoms with Crippen LogP contribution in [-0.4, -0.2) is 23.9 Å². The van der Waals surface area contributed by atoms with Crippen molar-refractivity contribution in [3.05, 3.63) is 29.8 Å². The van der Waals surface area contributed by atoms with Gasteiger partial charge >= 0.3 is 5.97 Å². The highest BCUT2D eigenvalue weighted by molar-refractivity contribution is 7.98. The van der Waals surface area contributed by atoms with Crippen LogP contribution >= 0.6 is 11.8 Å². The van der Waals surface area contributed by atoms with E-state index in [0.717, 1.165) is 5.56 Å². The highest BCUT2D eigenvalue weighted by Crippen LogP contribution is 2.27. The molecule has 1 aromatic carbocycles. The highest BCUT2D eigenvalue weighted by atomic mass is 32.2. The monoisotopic (exact) mass is 254 g/mol. The molecule has 0 bridgehead atoms. The zero-order valence-corrected chi connectivity index (χ0v) is 11.2. The van der Waals surface area contributed by atoms with E-state index in [4.69, 9.17) is 9.84 Å². The van der Waals surface area contributed by atoms with Gasteiger partial charge in [0.05, 0.1) is 6.10 Å². The molecule has 17 heavy (non-hydrogen) atoms. The van der Waals surface area contributed by atoms with Gasteiger partial charge in [0, 0.05) is 4.90 Å². The zero-order chi connectivity index (χ0) is 12.8. The van der Waals surface area contributed by atoms with Gasteiger partial charge in [0.2, 0.25) is 0 Å². The molecule has 0 saturated carbocycles. The minimum atomic E-state index is -0.934. The first kappa shape index (κ1) is 14.1. The van der Waals surface area contributed by atoms with Gasteiger partial charge in [0.1, 0.15) is 6.61 Å². The SMILES string of the molecule is CSc1ccc(C(OCC(=O)O)C(C)C)cc1. The van der Waals surface area contributed by atoms with Gasteiger partial charge in [0.25, 0.3) is 0 Å². The Morgan fingerprint density at radius 1 is 1.35 bits per heavy atom. The molecule has 0 heterocycles. The van der Waals surface area contributed by atoms with Gasteiger partial charge in [-0.3, -0.25) is 0 Å². The lowest BCUT2D eigenvalue weighted by Gasteiger charge is -2.21. The van der Waals surface area contributed by atoms with Gasteiger partial charge in [-0.2, -0.15) is 0 Å². The maximum atomic E-state index is 10.5. The van der Waals surface area contributed by atoms with Gasteiger partial charge in [-0.05, 0) is 29.9 Å². The lowest BCUT2D eigenvalue weighted by atomic mass is 9.99. The zero-order valence-electron chi connectivity index (χ0n) is 10.3. The molecule has 1 rings (SSSR count). The van der Waals surface area contributed by atoms with Crippen LogP contribution in [0.2, 0.25) is 0 Å². The second-order valence-corrected chi connectivity index (χ2v) is 5.02. The van der Waals surface area contributed by atoms with Gasteiger partial charge in [-0.1, -0.05) is 26.0 Å². The quantitative estimate of drug-likeness (QED) is 0.792. The van der Waals surface area contributed by atoms with Crippen LogP contribution in [-0.2, 0) is 9.53 Å². The first-order valence-electron chi connectivity index (χ1n) is 5.52. The summed E-state index contributed by atoms with van der Waals surface area (Å²) in [6.07, 6.45) is 1.86. The maximum absolute atomic E-state index is 10.5. The van der Waals surface area contributed by atoms with Gasteiger partial charge < -0.3 is 9.84 Å². The maximum Gasteiger partial charge on any atom is 0.329 e. The lowest BCUT2D eigenvalue weighted by molar-refractivity contribution is -0.145. The Kier molecular flexibility index (Phi) is 5.51. The minimum absolute atomic E-state index is 0.165. The molecule has 0 spiro atoms. The summed E-state index contributed by atoms with van der Waals surface area (Å²) in [4.78, 5) is 11.7. The summed E-state index contributed by atoms with van der Waals surface area (Å²) in [5.41, 5.74) is 1.03. The number of hydrogen-bond acceptors (Lipinski definition) is 3. The van der Waals surface area contributed by atoms with Crippen LogP contribution in [0.5, 0.6) is 0 Å². The predicted molar refractivity (Wildman–Crippen MR) is 69.4 cm³/mol. The fraction of sp³-hybridized carbons (Fsp3) is 0.462. The molecule has 0 saturated heterocycles. The number of aliphatic carboxylic acids is 1. The molecular formula is C13H18O3S. The van der Waals surface area contributed by atoms with Crippen molar-refractivity contribution in [1.82, 2.24) is 0 Å². The number of thioether (sulfide) groups is 1. The largest absolute Gasteiger partial charge is 0.480 e. The first-order valence-corrected chi connectivity index (χ1v) is 6.74. The molecule has 0 aliphatic heterocycles. The van der Waals surface area contributed by atoms with E-state index >= 15 is 0 Å². The third-order valence-electron chi connectivity index (χ3n) is 2.44. The Labute approximate surface area is 106 Å². The molecule has 0 aliphatic carbocycles. The Morgan fingerprint density at radius 3 is 2.35 bits per heavy atom. The van der Waals surface area contributed by atoms with E-state index in [1.54, 1.807) is 11.8 Å². The van der Waals surface area contributed by atoms with Crippen LogP contribution in [0, 0.1) is 5.92 Å². The molecule has 4 heteroatoms. The van der Waals surface area contributed by atoms with E-state index < -0.39 is 5.97 Å². The number of carboxylic acids is 1. The lowest BCUT2D eigenvalue weighted by Crippen LogP contribution is -2.16. The highest BCUT2D eigenvalue weighted by Gasteiger charge is 2.17. The van der Waals surface area contributed by atoms with Crippen LogP contribution < -0.4 is 0 Å². The Hall–Kier alpha value is -1.00. The average Bonchev–Trinajstić information content (AvgIpc) is 2.29. The van der Waals surface area contributed by atoms with Crippen LogP contribution in [0.4, 0.5) is 0 Å². The van der Waals surface area contributed by atoms with Crippen molar-refractivity contribution >= 4 is 17.7 Å². The van der Waals surface area contributed by atoms with Crippen molar-refractivity contribution in [2.24, 2.45) is 5.92 Å². The number of carboxylic acid groups (broad SMARTS) is 1. The molecule has 94 valence electrons. The Bertz CT molecular complexity index is 359. The van der Waals surface area contributed by atoms with Crippen molar-refractivity contribution < 1.29 is 14.6 Å². The van der Waals surface area contributed by atoms with Crippen LogP contribution in [0.25, 0.3) is 0 Å². The summed E-state index contributed by atoms with van der Waals surface area (Å²) in [5, 5.41) is 8.64. The van der Waals surface area contributed by atoms with Crippen molar-refractivity contribution in [2.75, 3.05) is 12.9 Å². The second-order valence-electron chi connectivity index (χ2n) is 4.14. The van der Waals surface area contributed by atoms with Crippen LogP contribution in [0.15, 0.2) is 29.2 Å². The third-order valence-corrected chi connectivity index (χ3v) is 3.18. The molecule has 1 atom stereocenters. The fourth-order valence-corrected chi connectivity index (χ4v) is 2.04. The molecule has 3 nitrogen and oxygen atoms in total. The Morgan fingerprint density at radius 2 is 1.94 bits per heavy atom. The topological polar surface area (TPSA) is 46.5 Å². The van der Waals surface area contributed by atoms with E-state index in [0.29, 0.717) is 0 Å². The summed E-state index contributed by atoms with van der Waals surface area (Å²) in [5.74, 6) is -0.689. The molecule has 0 aliphatic rings. The summed E-state index contributed by atoms with van der Waals surface area (Å²) in [6.45, 7) is 3.79. The molecule has 0 aromatic heterocycles. The van der Waals surface area contributed by atoms with Crippen LogP contribution in [0.3, 0.4) is 0 Å². The molecule has 0 amide bonds. The van der Waals surface area contributed by atoms with Crippen molar-refractivity contribution in [3.8, 4) is 0 Å². The summed E-state index contributed by atoms with van der Waals surface area (Å²) in [6, 6.07) is 8.05. The van der Waals surface area contributed by atoms with Crippen LogP contribution in [0.1, 0.15) is 25.5 Å². The van der Waals surface area contributed by atoms with Crippen molar-refractivity contribution in [3.63, 3.8) is 0 Å². The second kappa shape index (κ2) is 6.67. The van der Waals surface area contributed by atoms with Gasteiger partial charge in [0.15, 0.2) is 0 Å². The van der Waals surface area contributed by atoms with E-state index in [1.165, 1.54) is 4.90 Å². The van der Waals surface area contributed by atoms with Gasteiger partial charge in [-0.25, -0.2) is 4.79 Å². The number of rotatable bonds is 6. The van der Waals surface area contributed by atoms with Gasteiger partial charge in [-0.15, -0.1) is 11.8 Å². The molecule has 1 unspecified atom stereocenters. The fourth-order valence-electron chi connectivity index (χ4n) is 1.63. The molecule has 0 radical (unpaired) electrons. The first-order chi connectivity index (χ1) is 8.04. The predicted octanol–water partition coefficient (Wildman–Crippen LogP) is 3.21. The summed E-state index contributed by atoms with van der Waals surface area (Å²) >= 11 is 1.68. The van der Waals surface area contributed by atoms with Crippen molar-refractivity contribution in [2.45, 2.75) is 24.8 Å². The van der Waals surface area contributed by atoms with Crippen molar-refractivity contribution in [1.29, 1.82) is 0 Å². The van der Waals surface area contributed by atoms with E-state index in [-0.39, 0.29) is 18.6 Å². The molecule has 0 fully saturated rings. The van der Waals surface area contributed by atoms with E-state index in [1.807, 2.05) is 44.4 Å². The third kappa shape index (κ3) is 4.40.